The first kappa shape index (κ1) is 15.8. The number of carbonyl (C=O) groups is 1. The maximum Gasteiger partial charge on any atom is 0.239 e. The largest absolute Gasteiger partial charge is 0.375 e. The molecule has 0 spiro atoms. The molecule has 0 bridgehead atoms. The second-order valence-electron chi connectivity index (χ2n) is 5.36. The van der Waals surface area contributed by atoms with Crippen LogP contribution in [-0.4, -0.2) is 63.4 Å². The van der Waals surface area contributed by atoms with Gasteiger partial charge < -0.3 is 11.1 Å². The Morgan fingerprint density at radius 2 is 1.96 bits per heavy atom. The number of amides is 1. The Morgan fingerprint density at radius 1 is 1.17 bits per heavy atom. The molecule has 3 heterocycles. The summed E-state index contributed by atoms with van der Waals surface area (Å²) in [5.41, 5.74) is 5.65. The molecule has 0 unspecified atom stereocenters. The molecule has 0 saturated carbocycles. The Kier molecular flexibility index (Phi) is 5.11. The molecule has 3 rings (SSSR count). The molecule has 3 N–H and O–H groups in total. The molecule has 8 nitrogen and oxygen atoms in total. The Morgan fingerprint density at radius 3 is 2.61 bits per heavy atom. The van der Waals surface area contributed by atoms with Crippen molar-refractivity contribution in [3.63, 3.8) is 0 Å². The van der Waals surface area contributed by atoms with Crippen LogP contribution in [0, 0.1) is 0 Å². The highest BCUT2D eigenvalue weighted by molar-refractivity contribution is 7.15. The van der Waals surface area contributed by atoms with E-state index in [1.54, 1.807) is 12.4 Å². The van der Waals surface area contributed by atoms with Gasteiger partial charge in [-0.05, 0) is 0 Å². The van der Waals surface area contributed by atoms with E-state index in [2.05, 4.69) is 30.1 Å². The van der Waals surface area contributed by atoms with Crippen molar-refractivity contribution in [3.05, 3.63) is 29.7 Å². The maximum atomic E-state index is 12.0. The number of nitrogens with one attached hydrogen (secondary N) is 1. The van der Waals surface area contributed by atoms with Crippen LogP contribution in [0.15, 0.2) is 24.8 Å². The predicted octanol–water partition coefficient (Wildman–Crippen LogP) is 0.272. The third-order valence-corrected chi connectivity index (χ3v) is 4.42. The molecule has 0 aromatic carbocycles. The molecule has 0 aliphatic carbocycles. The van der Waals surface area contributed by atoms with Gasteiger partial charge in [0.15, 0.2) is 10.9 Å². The van der Waals surface area contributed by atoms with Gasteiger partial charge in [0, 0.05) is 56.2 Å². The lowest BCUT2D eigenvalue weighted by atomic mass is 10.3. The molecule has 122 valence electrons. The Bertz CT molecular complexity index is 640. The summed E-state index contributed by atoms with van der Waals surface area (Å²) in [6, 6.07) is 0. The van der Waals surface area contributed by atoms with E-state index in [1.807, 2.05) is 6.20 Å². The van der Waals surface area contributed by atoms with Crippen LogP contribution < -0.4 is 11.1 Å². The van der Waals surface area contributed by atoms with E-state index in [0.717, 1.165) is 32.7 Å². The number of nitrogens with two attached hydrogens (primary N) is 1. The fraction of sp³-hybridized carbons (Fsp3) is 0.429. The van der Waals surface area contributed by atoms with Crippen LogP contribution in [0.1, 0.15) is 4.88 Å². The first-order valence-corrected chi connectivity index (χ1v) is 8.21. The van der Waals surface area contributed by atoms with Crippen molar-refractivity contribution in [1.29, 1.82) is 0 Å². The van der Waals surface area contributed by atoms with Gasteiger partial charge in [0.2, 0.25) is 5.91 Å². The molecule has 0 atom stereocenters. The number of hydrogen-bond acceptors (Lipinski definition) is 8. The van der Waals surface area contributed by atoms with Gasteiger partial charge in [0.1, 0.15) is 0 Å². The number of aromatic nitrogens is 3. The molecule has 1 aliphatic rings. The van der Waals surface area contributed by atoms with Gasteiger partial charge in [-0.2, -0.15) is 0 Å². The van der Waals surface area contributed by atoms with E-state index in [0.29, 0.717) is 17.5 Å². The first-order valence-electron chi connectivity index (χ1n) is 7.40. The lowest BCUT2D eigenvalue weighted by Crippen LogP contribution is -2.48. The summed E-state index contributed by atoms with van der Waals surface area (Å²) in [4.78, 5) is 29.7. The average molecular weight is 333 g/mol. The zero-order valence-corrected chi connectivity index (χ0v) is 13.5. The molecule has 0 radical (unpaired) electrons. The lowest BCUT2D eigenvalue weighted by Gasteiger charge is -2.33. The summed E-state index contributed by atoms with van der Waals surface area (Å²) in [5.74, 6) is 0.424. The predicted molar refractivity (Wildman–Crippen MR) is 88.9 cm³/mol. The van der Waals surface area contributed by atoms with Gasteiger partial charge in [-0.25, -0.2) is 9.97 Å². The molecule has 2 aromatic rings. The Labute approximate surface area is 138 Å². The third kappa shape index (κ3) is 4.68. The van der Waals surface area contributed by atoms with E-state index in [9.17, 15) is 4.79 Å². The summed E-state index contributed by atoms with van der Waals surface area (Å²) in [6.45, 7) is 4.82. The minimum Gasteiger partial charge on any atom is -0.375 e. The van der Waals surface area contributed by atoms with Crippen LogP contribution in [0.4, 0.5) is 10.9 Å². The molecule has 2 aromatic heterocycles. The molecule has 9 heteroatoms. The van der Waals surface area contributed by atoms with Crippen molar-refractivity contribution >= 4 is 28.2 Å². The van der Waals surface area contributed by atoms with Crippen molar-refractivity contribution in [3.8, 4) is 0 Å². The first-order chi connectivity index (χ1) is 11.2. The second kappa shape index (κ2) is 7.44. The van der Waals surface area contributed by atoms with Crippen LogP contribution >= 0.6 is 11.3 Å². The second-order valence-corrected chi connectivity index (χ2v) is 6.50. The number of carbonyl (C=O) groups excluding carboxylic acids is 1. The van der Waals surface area contributed by atoms with Crippen molar-refractivity contribution in [2.45, 2.75) is 6.54 Å². The van der Waals surface area contributed by atoms with Gasteiger partial charge in [-0.15, -0.1) is 11.3 Å². The lowest BCUT2D eigenvalue weighted by molar-refractivity contribution is -0.117. The summed E-state index contributed by atoms with van der Waals surface area (Å²) < 4.78 is 0. The number of anilines is 2. The van der Waals surface area contributed by atoms with Crippen molar-refractivity contribution < 1.29 is 4.79 Å². The summed E-state index contributed by atoms with van der Waals surface area (Å²) in [5, 5.41) is 3.37. The number of thiazole rings is 1. The number of hydrogen-bond donors (Lipinski definition) is 2. The number of nitrogen functional groups attached to an aromatic ring is 1. The van der Waals surface area contributed by atoms with Crippen LogP contribution in [0.25, 0.3) is 0 Å². The smallest absolute Gasteiger partial charge is 0.239 e. The topological polar surface area (TPSA) is 100 Å². The van der Waals surface area contributed by atoms with E-state index in [4.69, 9.17) is 5.73 Å². The van der Waals surface area contributed by atoms with Gasteiger partial charge in [-0.1, -0.05) is 0 Å². The Hall–Kier alpha value is -2.10. The molecule has 1 fully saturated rings. The van der Waals surface area contributed by atoms with Gasteiger partial charge in [-0.3, -0.25) is 19.6 Å². The number of nitrogens with zero attached hydrogens (tertiary/aromatic N) is 5. The van der Waals surface area contributed by atoms with Gasteiger partial charge in [0.25, 0.3) is 0 Å². The number of rotatable bonds is 5. The van der Waals surface area contributed by atoms with Gasteiger partial charge in [0.05, 0.1) is 12.7 Å². The van der Waals surface area contributed by atoms with E-state index in [1.165, 1.54) is 22.4 Å². The summed E-state index contributed by atoms with van der Waals surface area (Å²) in [7, 11) is 0. The summed E-state index contributed by atoms with van der Waals surface area (Å²) in [6.07, 6.45) is 6.50. The third-order valence-electron chi connectivity index (χ3n) is 3.61. The van der Waals surface area contributed by atoms with Crippen LogP contribution in [-0.2, 0) is 11.3 Å². The fourth-order valence-electron chi connectivity index (χ4n) is 2.47. The summed E-state index contributed by atoms with van der Waals surface area (Å²) >= 11 is 1.53. The maximum absolute atomic E-state index is 12.0. The minimum absolute atomic E-state index is 0.0609. The normalized spacial score (nSPS) is 16.3. The molecule has 1 saturated heterocycles. The van der Waals surface area contributed by atoms with Crippen LogP contribution in [0.2, 0.25) is 0 Å². The van der Waals surface area contributed by atoms with Crippen molar-refractivity contribution in [1.82, 2.24) is 24.8 Å². The highest BCUT2D eigenvalue weighted by atomic mass is 32.1. The monoisotopic (exact) mass is 333 g/mol. The molecular formula is C14H19N7OS. The highest BCUT2D eigenvalue weighted by Gasteiger charge is 2.19. The molecule has 23 heavy (non-hydrogen) atoms. The van der Waals surface area contributed by atoms with Crippen LogP contribution in [0.5, 0.6) is 0 Å². The molecular weight excluding hydrogens is 314 g/mol. The molecule has 1 amide bonds. The van der Waals surface area contributed by atoms with Gasteiger partial charge >= 0.3 is 0 Å². The average Bonchev–Trinajstić information content (AvgIpc) is 2.95. The highest BCUT2D eigenvalue weighted by Crippen LogP contribution is 2.17. The van der Waals surface area contributed by atoms with E-state index >= 15 is 0 Å². The van der Waals surface area contributed by atoms with E-state index in [-0.39, 0.29) is 5.91 Å². The fourth-order valence-corrected chi connectivity index (χ4v) is 3.20. The van der Waals surface area contributed by atoms with Crippen molar-refractivity contribution in [2.75, 3.05) is 43.8 Å². The number of piperazine rings is 1. The standard InChI is InChI=1S/C14H19N7OS/c15-14-18-7-11(23-14)9-20-3-5-21(6-4-20)10-13(22)19-12-8-16-1-2-17-12/h1-2,7-8H,3-6,9-10H2,(H2,15,18)(H,17,19,22). The minimum atomic E-state index is -0.0609. The SMILES string of the molecule is Nc1ncc(CN2CCN(CC(=O)Nc3cnccn3)CC2)s1. The Balaban J connectivity index is 1.41. The van der Waals surface area contributed by atoms with E-state index < -0.39 is 0 Å². The zero-order chi connectivity index (χ0) is 16.1. The zero-order valence-electron chi connectivity index (χ0n) is 12.7. The van der Waals surface area contributed by atoms with Crippen molar-refractivity contribution in [2.24, 2.45) is 0 Å². The molecule has 1 aliphatic heterocycles. The quantitative estimate of drug-likeness (QED) is 0.810. The van der Waals surface area contributed by atoms with Crippen LogP contribution in [0.3, 0.4) is 0 Å².